The van der Waals surface area contributed by atoms with Crippen molar-refractivity contribution in [2.24, 2.45) is 0 Å². The molecule has 1 aromatic heterocycles. The molecular formula is C17H10BrFN4. The van der Waals surface area contributed by atoms with Gasteiger partial charge in [-0.1, -0.05) is 12.1 Å². The molecule has 0 saturated carbocycles. The summed E-state index contributed by atoms with van der Waals surface area (Å²) in [4.78, 5) is 0. The summed E-state index contributed by atoms with van der Waals surface area (Å²) >= 11 is 3.32. The van der Waals surface area contributed by atoms with Crippen molar-refractivity contribution in [2.45, 2.75) is 0 Å². The van der Waals surface area contributed by atoms with Crippen molar-refractivity contribution in [3.8, 4) is 17.8 Å². The average Bonchev–Trinajstić information content (AvgIpc) is 3.02. The SMILES string of the molecule is N#Cc1cccc(-n2cc(Br)cn2)c1.N#Cc1cccc(F)c1. The van der Waals surface area contributed by atoms with Gasteiger partial charge in [-0.2, -0.15) is 15.6 Å². The quantitative estimate of drug-likeness (QED) is 0.646. The molecule has 0 spiro atoms. The summed E-state index contributed by atoms with van der Waals surface area (Å²) in [5.41, 5.74) is 1.87. The van der Waals surface area contributed by atoms with Gasteiger partial charge in [-0.05, 0) is 52.3 Å². The Bertz CT molecular complexity index is 890. The monoisotopic (exact) mass is 368 g/mol. The molecule has 1 heterocycles. The first-order valence-corrected chi connectivity index (χ1v) is 7.28. The minimum absolute atomic E-state index is 0.356. The predicted octanol–water partition coefficient (Wildman–Crippen LogP) is 4.20. The van der Waals surface area contributed by atoms with E-state index in [2.05, 4.69) is 27.1 Å². The van der Waals surface area contributed by atoms with Crippen molar-refractivity contribution >= 4 is 15.9 Å². The molecule has 6 heteroatoms. The molecule has 3 aromatic rings. The third kappa shape index (κ3) is 4.77. The van der Waals surface area contributed by atoms with Gasteiger partial charge in [-0.25, -0.2) is 9.07 Å². The Balaban J connectivity index is 0.000000185. The summed E-state index contributed by atoms with van der Waals surface area (Å²) in [6.07, 6.45) is 3.55. The Morgan fingerprint density at radius 2 is 1.65 bits per heavy atom. The summed E-state index contributed by atoms with van der Waals surface area (Å²) in [5.74, 6) is -0.367. The van der Waals surface area contributed by atoms with Crippen LogP contribution in [-0.2, 0) is 0 Å². The lowest BCUT2D eigenvalue weighted by Crippen LogP contribution is -1.93. The Morgan fingerprint density at radius 1 is 1.00 bits per heavy atom. The van der Waals surface area contributed by atoms with E-state index in [1.807, 2.05) is 24.4 Å². The zero-order chi connectivity index (χ0) is 16.7. The Hall–Kier alpha value is -2.96. The number of rotatable bonds is 1. The minimum atomic E-state index is -0.367. The Kier molecular flexibility index (Phi) is 5.62. The van der Waals surface area contributed by atoms with Gasteiger partial charge in [0.15, 0.2) is 0 Å². The van der Waals surface area contributed by atoms with E-state index in [-0.39, 0.29) is 5.82 Å². The van der Waals surface area contributed by atoms with Crippen molar-refractivity contribution in [3.63, 3.8) is 0 Å². The molecule has 112 valence electrons. The van der Waals surface area contributed by atoms with Gasteiger partial charge in [0, 0.05) is 6.20 Å². The van der Waals surface area contributed by atoms with Crippen LogP contribution in [0.2, 0.25) is 0 Å². The van der Waals surface area contributed by atoms with Crippen molar-refractivity contribution in [1.82, 2.24) is 9.78 Å². The van der Waals surface area contributed by atoms with Gasteiger partial charge in [0.05, 0.1) is 39.6 Å². The second-order valence-electron chi connectivity index (χ2n) is 4.39. The fraction of sp³-hybridized carbons (Fsp3) is 0. The number of hydrogen-bond acceptors (Lipinski definition) is 3. The molecular weight excluding hydrogens is 359 g/mol. The van der Waals surface area contributed by atoms with Gasteiger partial charge in [0.2, 0.25) is 0 Å². The van der Waals surface area contributed by atoms with Crippen LogP contribution in [0.3, 0.4) is 0 Å². The molecule has 0 bridgehead atoms. The van der Waals surface area contributed by atoms with E-state index < -0.39 is 0 Å². The maximum absolute atomic E-state index is 12.2. The van der Waals surface area contributed by atoms with Gasteiger partial charge in [0.1, 0.15) is 5.82 Å². The molecule has 0 amide bonds. The maximum atomic E-state index is 12.2. The highest BCUT2D eigenvalue weighted by Crippen LogP contribution is 2.13. The molecule has 2 aromatic carbocycles. The lowest BCUT2D eigenvalue weighted by atomic mass is 10.2. The number of hydrogen-bond donors (Lipinski definition) is 0. The number of halogens is 2. The fourth-order valence-electron chi connectivity index (χ4n) is 1.72. The van der Waals surface area contributed by atoms with Crippen molar-refractivity contribution in [2.75, 3.05) is 0 Å². The molecule has 0 aliphatic rings. The number of nitriles is 2. The number of aromatic nitrogens is 2. The third-order valence-electron chi connectivity index (χ3n) is 2.74. The van der Waals surface area contributed by atoms with Crippen LogP contribution < -0.4 is 0 Å². The standard InChI is InChI=1S/C10H6BrN3.C7H4FN/c11-9-6-13-14(7-9)10-3-1-2-8(4-10)5-12;8-7-3-1-2-6(4-7)5-9/h1-4,6-7H;1-4H. The van der Waals surface area contributed by atoms with Crippen LogP contribution in [0.1, 0.15) is 11.1 Å². The van der Waals surface area contributed by atoms with Gasteiger partial charge in [0.25, 0.3) is 0 Å². The van der Waals surface area contributed by atoms with Crippen molar-refractivity contribution < 1.29 is 4.39 Å². The fourth-order valence-corrected chi connectivity index (χ4v) is 2.00. The summed E-state index contributed by atoms with van der Waals surface area (Å²) in [6.45, 7) is 0. The lowest BCUT2D eigenvalue weighted by Gasteiger charge is -1.99. The van der Waals surface area contributed by atoms with E-state index >= 15 is 0 Å². The molecule has 0 radical (unpaired) electrons. The maximum Gasteiger partial charge on any atom is 0.124 e. The van der Waals surface area contributed by atoms with Gasteiger partial charge < -0.3 is 0 Å². The van der Waals surface area contributed by atoms with Gasteiger partial charge in [-0.15, -0.1) is 0 Å². The number of benzene rings is 2. The molecule has 0 unspecified atom stereocenters. The minimum Gasteiger partial charge on any atom is -0.240 e. The summed E-state index contributed by atoms with van der Waals surface area (Å²) in [6, 6.07) is 16.8. The van der Waals surface area contributed by atoms with E-state index in [1.165, 1.54) is 18.2 Å². The summed E-state index contributed by atoms with van der Waals surface area (Å²) in [7, 11) is 0. The van der Waals surface area contributed by atoms with Crippen LogP contribution >= 0.6 is 15.9 Å². The Labute approximate surface area is 141 Å². The molecule has 0 N–H and O–H groups in total. The molecule has 4 nitrogen and oxygen atoms in total. The van der Waals surface area contributed by atoms with Crippen LogP contribution in [-0.4, -0.2) is 9.78 Å². The van der Waals surface area contributed by atoms with Crippen LogP contribution in [0.25, 0.3) is 5.69 Å². The Morgan fingerprint density at radius 3 is 2.17 bits per heavy atom. The third-order valence-corrected chi connectivity index (χ3v) is 3.15. The molecule has 0 aliphatic carbocycles. The van der Waals surface area contributed by atoms with Gasteiger partial charge in [-0.3, -0.25) is 0 Å². The highest BCUT2D eigenvalue weighted by atomic mass is 79.9. The summed E-state index contributed by atoms with van der Waals surface area (Å²) in [5, 5.41) is 21.1. The van der Waals surface area contributed by atoms with Crippen molar-refractivity contribution in [1.29, 1.82) is 10.5 Å². The summed E-state index contributed by atoms with van der Waals surface area (Å²) < 4.78 is 14.8. The van der Waals surface area contributed by atoms with Crippen LogP contribution in [0.4, 0.5) is 4.39 Å². The second-order valence-corrected chi connectivity index (χ2v) is 5.30. The second kappa shape index (κ2) is 7.88. The largest absolute Gasteiger partial charge is 0.240 e. The predicted molar refractivity (Wildman–Crippen MR) is 87.1 cm³/mol. The van der Waals surface area contributed by atoms with Crippen molar-refractivity contribution in [3.05, 3.63) is 82.3 Å². The van der Waals surface area contributed by atoms with E-state index in [4.69, 9.17) is 10.5 Å². The molecule has 0 saturated heterocycles. The van der Waals surface area contributed by atoms with E-state index in [0.29, 0.717) is 11.1 Å². The molecule has 0 fully saturated rings. The first kappa shape index (κ1) is 16.4. The van der Waals surface area contributed by atoms with Crippen LogP contribution in [0, 0.1) is 28.5 Å². The lowest BCUT2D eigenvalue weighted by molar-refractivity contribution is 0.627. The normalized spacial score (nSPS) is 9.22. The van der Waals surface area contributed by atoms with Gasteiger partial charge >= 0.3 is 0 Å². The van der Waals surface area contributed by atoms with E-state index in [0.717, 1.165) is 10.2 Å². The zero-order valence-electron chi connectivity index (χ0n) is 11.8. The first-order chi connectivity index (χ1) is 11.1. The van der Waals surface area contributed by atoms with Crippen LogP contribution in [0.5, 0.6) is 0 Å². The average molecular weight is 369 g/mol. The topological polar surface area (TPSA) is 65.4 Å². The number of nitrogens with zero attached hydrogens (tertiary/aromatic N) is 4. The van der Waals surface area contributed by atoms with E-state index in [9.17, 15) is 4.39 Å². The highest BCUT2D eigenvalue weighted by Gasteiger charge is 1.99. The highest BCUT2D eigenvalue weighted by molar-refractivity contribution is 9.10. The van der Waals surface area contributed by atoms with E-state index in [1.54, 1.807) is 29.1 Å². The first-order valence-electron chi connectivity index (χ1n) is 6.49. The molecule has 0 atom stereocenters. The smallest absolute Gasteiger partial charge is 0.124 e. The molecule has 3 rings (SSSR count). The van der Waals surface area contributed by atoms with Crippen LogP contribution in [0.15, 0.2) is 65.4 Å². The zero-order valence-corrected chi connectivity index (χ0v) is 13.4. The molecule has 23 heavy (non-hydrogen) atoms. The molecule has 0 aliphatic heterocycles.